The number of nitrogens with one attached hydrogen (secondary N) is 3. The minimum atomic E-state index is -3.49. The predicted octanol–water partition coefficient (Wildman–Crippen LogP) is 2.95. The quantitative estimate of drug-likeness (QED) is 0.670. The van der Waals surface area contributed by atoms with Gasteiger partial charge in [-0.25, -0.2) is 12.8 Å². The lowest BCUT2D eigenvalue weighted by Crippen LogP contribution is -2.31. The number of methoxy groups -OCH3 is 1. The first kappa shape index (κ1) is 20.5. The molecule has 0 fully saturated rings. The Morgan fingerprint density at radius 1 is 1.15 bits per heavy atom. The van der Waals surface area contributed by atoms with Crippen LogP contribution in [-0.4, -0.2) is 33.7 Å². The molecule has 7 nitrogen and oxygen atoms in total. The number of benzene rings is 2. The molecule has 2 rings (SSSR count). The lowest BCUT2D eigenvalue weighted by molar-refractivity contribution is -0.116. The molecule has 0 saturated carbocycles. The summed E-state index contributed by atoms with van der Waals surface area (Å²) >= 11 is 0. The van der Waals surface area contributed by atoms with Crippen LogP contribution < -0.4 is 20.1 Å². The van der Waals surface area contributed by atoms with Crippen molar-refractivity contribution in [3.63, 3.8) is 0 Å². The number of halogens is 1. The van der Waals surface area contributed by atoms with Crippen LogP contribution in [0.25, 0.3) is 0 Å². The van der Waals surface area contributed by atoms with E-state index in [-0.39, 0.29) is 11.6 Å². The van der Waals surface area contributed by atoms with Crippen molar-refractivity contribution in [2.24, 2.45) is 0 Å². The van der Waals surface area contributed by atoms with Gasteiger partial charge in [-0.3, -0.25) is 9.52 Å². The lowest BCUT2D eigenvalue weighted by atomic mass is 10.2. The van der Waals surface area contributed by atoms with Crippen LogP contribution in [0.2, 0.25) is 0 Å². The molecule has 0 bridgehead atoms. The number of carbonyl (C=O) groups excluding carboxylic acids is 1. The molecule has 0 aliphatic heterocycles. The first-order valence-electron chi connectivity index (χ1n) is 8.08. The van der Waals surface area contributed by atoms with Gasteiger partial charge >= 0.3 is 0 Å². The fraction of sp³-hybridized carbons (Fsp3) is 0.278. The average Bonchev–Trinajstić information content (AvgIpc) is 2.57. The summed E-state index contributed by atoms with van der Waals surface area (Å²) in [6.07, 6.45) is 1.03. The molecule has 0 aliphatic carbocycles. The third kappa shape index (κ3) is 5.85. The Morgan fingerprint density at radius 3 is 2.41 bits per heavy atom. The van der Waals surface area contributed by atoms with Gasteiger partial charge in [0.15, 0.2) is 0 Å². The molecule has 2 aromatic carbocycles. The predicted molar refractivity (Wildman–Crippen MR) is 104 cm³/mol. The Kier molecular flexibility index (Phi) is 6.27. The van der Waals surface area contributed by atoms with E-state index in [1.54, 1.807) is 38.1 Å². The van der Waals surface area contributed by atoms with E-state index < -0.39 is 21.9 Å². The third-order valence-electron chi connectivity index (χ3n) is 3.71. The molecule has 0 radical (unpaired) electrons. The van der Waals surface area contributed by atoms with E-state index in [2.05, 4.69) is 15.4 Å². The van der Waals surface area contributed by atoms with Crippen LogP contribution in [0.15, 0.2) is 36.4 Å². The summed E-state index contributed by atoms with van der Waals surface area (Å²) in [6, 6.07) is 8.54. The van der Waals surface area contributed by atoms with Crippen molar-refractivity contribution >= 4 is 33.0 Å². The molecular weight excluding hydrogens is 373 g/mol. The topological polar surface area (TPSA) is 96.5 Å². The standard InChI is InChI=1S/C18H22FN3O4S/c1-11-5-6-13(9-15(11)19)21-18(23)12(2)20-14-7-8-17(26-3)16(10-14)22-27(4,24)25/h5-10,12,20,22H,1-4H3,(H,21,23)/t12-/m0/s1. The highest BCUT2D eigenvalue weighted by Gasteiger charge is 2.15. The van der Waals surface area contributed by atoms with Gasteiger partial charge in [0.25, 0.3) is 0 Å². The van der Waals surface area contributed by atoms with E-state index in [4.69, 9.17) is 4.74 Å². The zero-order valence-corrected chi connectivity index (χ0v) is 16.3. The minimum Gasteiger partial charge on any atom is -0.495 e. The van der Waals surface area contributed by atoms with E-state index in [0.29, 0.717) is 22.7 Å². The van der Waals surface area contributed by atoms with E-state index in [9.17, 15) is 17.6 Å². The Bertz CT molecular complexity index is 948. The Morgan fingerprint density at radius 2 is 1.81 bits per heavy atom. The second kappa shape index (κ2) is 8.26. The van der Waals surface area contributed by atoms with Crippen molar-refractivity contribution in [1.29, 1.82) is 0 Å². The number of rotatable bonds is 7. The van der Waals surface area contributed by atoms with Crippen molar-refractivity contribution in [3.05, 3.63) is 47.8 Å². The van der Waals surface area contributed by atoms with Gasteiger partial charge in [0, 0.05) is 11.4 Å². The molecular formula is C18H22FN3O4S. The number of hydrogen-bond acceptors (Lipinski definition) is 5. The van der Waals surface area contributed by atoms with Crippen LogP contribution >= 0.6 is 0 Å². The molecule has 1 atom stereocenters. The van der Waals surface area contributed by atoms with Crippen LogP contribution in [0.5, 0.6) is 5.75 Å². The van der Waals surface area contributed by atoms with Crippen molar-refractivity contribution in [3.8, 4) is 5.75 Å². The summed E-state index contributed by atoms with van der Waals surface area (Å²) in [5.74, 6) is -0.426. The van der Waals surface area contributed by atoms with E-state index in [1.165, 1.54) is 19.2 Å². The number of ether oxygens (including phenoxy) is 1. The number of anilines is 3. The molecule has 146 valence electrons. The molecule has 0 spiro atoms. The minimum absolute atomic E-state index is 0.248. The number of carbonyl (C=O) groups is 1. The Hall–Kier alpha value is -2.81. The summed E-state index contributed by atoms with van der Waals surface area (Å²) in [5.41, 5.74) is 1.60. The monoisotopic (exact) mass is 395 g/mol. The highest BCUT2D eigenvalue weighted by molar-refractivity contribution is 7.92. The van der Waals surface area contributed by atoms with E-state index >= 15 is 0 Å². The molecule has 0 aromatic heterocycles. The molecule has 0 saturated heterocycles. The van der Waals surface area contributed by atoms with Gasteiger partial charge in [0.1, 0.15) is 17.6 Å². The maximum Gasteiger partial charge on any atom is 0.246 e. The number of sulfonamides is 1. The first-order valence-corrected chi connectivity index (χ1v) is 9.97. The van der Waals surface area contributed by atoms with Gasteiger partial charge in [-0.15, -0.1) is 0 Å². The fourth-order valence-electron chi connectivity index (χ4n) is 2.31. The van der Waals surface area contributed by atoms with E-state index in [1.807, 2.05) is 0 Å². The smallest absolute Gasteiger partial charge is 0.246 e. The van der Waals surface area contributed by atoms with Gasteiger partial charge in [-0.1, -0.05) is 6.07 Å². The summed E-state index contributed by atoms with van der Waals surface area (Å²) in [4.78, 5) is 12.3. The molecule has 0 aliphatic rings. The summed E-state index contributed by atoms with van der Waals surface area (Å²) in [7, 11) is -2.07. The molecule has 2 aromatic rings. The SMILES string of the molecule is COc1ccc(N[C@@H](C)C(=O)Nc2ccc(C)c(F)c2)cc1NS(C)(=O)=O. The molecule has 3 N–H and O–H groups in total. The molecule has 1 amide bonds. The summed E-state index contributed by atoms with van der Waals surface area (Å²) in [6.45, 7) is 3.27. The van der Waals surface area contributed by atoms with Crippen LogP contribution in [0.4, 0.5) is 21.5 Å². The summed E-state index contributed by atoms with van der Waals surface area (Å²) < 4.78 is 44.0. The van der Waals surface area contributed by atoms with Crippen LogP contribution in [0, 0.1) is 12.7 Å². The molecule has 0 heterocycles. The molecule has 0 unspecified atom stereocenters. The van der Waals surface area contributed by atoms with Crippen molar-refractivity contribution in [1.82, 2.24) is 0 Å². The first-order chi connectivity index (χ1) is 12.6. The van der Waals surface area contributed by atoms with E-state index in [0.717, 1.165) is 6.26 Å². The number of amides is 1. The zero-order chi connectivity index (χ0) is 20.2. The molecule has 9 heteroatoms. The highest BCUT2D eigenvalue weighted by Crippen LogP contribution is 2.29. The van der Waals surface area contributed by atoms with Crippen LogP contribution in [0.1, 0.15) is 12.5 Å². The highest BCUT2D eigenvalue weighted by atomic mass is 32.2. The maximum atomic E-state index is 13.6. The zero-order valence-electron chi connectivity index (χ0n) is 15.5. The number of hydrogen-bond donors (Lipinski definition) is 3. The second-order valence-corrected chi connectivity index (χ2v) is 7.86. The molecule has 27 heavy (non-hydrogen) atoms. The normalized spacial score (nSPS) is 12.2. The van der Waals surface area contributed by atoms with Gasteiger partial charge in [0.05, 0.1) is 19.1 Å². The van der Waals surface area contributed by atoms with Gasteiger partial charge < -0.3 is 15.4 Å². The van der Waals surface area contributed by atoms with Crippen molar-refractivity contribution in [2.75, 3.05) is 28.7 Å². The summed E-state index contributed by atoms with van der Waals surface area (Å²) in [5, 5.41) is 5.60. The van der Waals surface area contributed by atoms with Gasteiger partial charge in [-0.2, -0.15) is 0 Å². The number of aryl methyl sites for hydroxylation is 1. The van der Waals surface area contributed by atoms with Crippen molar-refractivity contribution < 1.29 is 22.3 Å². The van der Waals surface area contributed by atoms with Gasteiger partial charge in [0.2, 0.25) is 15.9 Å². The Balaban J connectivity index is 2.11. The fourth-order valence-corrected chi connectivity index (χ4v) is 2.87. The average molecular weight is 395 g/mol. The Labute approximate surface area is 158 Å². The van der Waals surface area contributed by atoms with Crippen LogP contribution in [-0.2, 0) is 14.8 Å². The second-order valence-electron chi connectivity index (χ2n) is 6.11. The van der Waals surface area contributed by atoms with Crippen LogP contribution in [0.3, 0.4) is 0 Å². The maximum absolute atomic E-state index is 13.6. The lowest BCUT2D eigenvalue weighted by Gasteiger charge is -2.17. The third-order valence-corrected chi connectivity index (χ3v) is 4.30. The van der Waals surface area contributed by atoms with Crippen molar-refractivity contribution in [2.45, 2.75) is 19.9 Å². The van der Waals surface area contributed by atoms with Gasteiger partial charge in [-0.05, 0) is 49.7 Å². The largest absolute Gasteiger partial charge is 0.495 e.